The molecule has 1 fully saturated rings. The number of likely N-dealkylation sites (tertiary alicyclic amines) is 1. The molecule has 0 unspecified atom stereocenters. The van der Waals surface area contributed by atoms with Crippen molar-refractivity contribution in [3.63, 3.8) is 0 Å². The van der Waals surface area contributed by atoms with Gasteiger partial charge in [-0.2, -0.15) is 0 Å². The lowest BCUT2D eigenvalue weighted by molar-refractivity contribution is -0.150. The number of hydrogen-bond donors (Lipinski definition) is 1. The highest BCUT2D eigenvalue weighted by atomic mass is 19.1. The van der Waals surface area contributed by atoms with Crippen LogP contribution in [-0.2, 0) is 14.3 Å². The monoisotopic (exact) mass is 479 g/mol. The molecule has 1 aliphatic rings. The van der Waals surface area contributed by atoms with Crippen molar-refractivity contribution < 1.29 is 32.6 Å². The second kappa shape index (κ2) is 10.1. The molecule has 0 aliphatic carbocycles. The highest BCUT2D eigenvalue weighted by Crippen LogP contribution is 2.22. The first kappa shape index (κ1) is 25.1. The first-order valence-electron chi connectivity index (χ1n) is 10.8. The summed E-state index contributed by atoms with van der Waals surface area (Å²) in [4.78, 5) is 39.2. The smallest absolute Gasteiger partial charge is 0.410 e. The number of benzene rings is 1. The second-order valence-corrected chi connectivity index (χ2v) is 8.80. The molecule has 1 N–H and O–H groups in total. The lowest BCUT2D eigenvalue weighted by Gasteiger charge is -2.37. The largest absolute Gasteiger partial charge is 0.466 e. The Hall–Kier alpha value is -3.57. The SMILES string of the molecule is CCOC(=O)[C@H]1CN(C(=O)OC(C)(C)C)CC[C@@H]1NC(=O)c1cn(-c2ccc(F)cc2F)nn1. The van der Waals surface area contributed by atoms with Crippen LogP contribution in [0.15, 0.2) is 24.4 Å². The Balaban J connectivity index is 1.73. The predicted molar refractivity (Wildman–Crippen MR) is 115 cm³/mol. The summed E-state index contributed by atoms with van der Waals surface area (Å²) in [5, 5.41) is 10.2. The molecule has 0 spiro atoms. The molecular weight excluding hydrogens is 452 g/mol. The Kier molecular flexibility index (Phi) is 7.48. The Morgan fingerprint density at radius 1 is 1.24 bits per heavy atom. The van der Waals surface area contributed by atoms with Crippen molar-refractivity contribution in [3.05, 3.63) is 41.7 Å². The van der Waals surface area contributed by atoms with Gasteiger partial charge in [-0.25, -0.2) is 18.3 Å². The summed E-state index contributed by atoms with van der Waals surface area (Å²) < 4.78 is 38.7. The fourth-order valence-electron chi connectivity index (χ4n) is 3.50. The molecule has 2 atom stereocenters. The Bertz CT molecular complexity index is 1070. The van der Waals surface area contributed by atoms with Crippen LogP contribution in [0.2, 0.25) is 0 Å². The number of amides is 2. The van der Waals surface area contributed by atoms with E-state index in [4.69, 9.17) is 9.47 Å². The number of nitrogens with zero attached hydrogens (tertiary/aromatic N) is 4. The minimum absolute atomic E-state index is 0.00613. The summed E-state index contributed by atoms with van der Waals surface area (Å²) in [7, 11) is 0. The van der Waals surface area contributed by atoms with Gasteiger partial charge in [0, 0.05) is 25.2 Å². The number of nitrogens with one attached hydrogen (secondary N) is 1. The fourth-order valence-corrected chi connectivity index (χ4v) is 3.50. The van der Waals surface area contributed by atoms with Gasteiger partial charge in [0.15, 0.2) is 11.5 Å². The van der Waals surface area contributed by atoms with Crippen molar-refractivity contribution >= 4 is 18.0 Å². The standard InChI is InChI=1S/C22H27F2N5O5/c1-5-33-20(31)14-11-28(21(32)34-22(2,3)4)9-8-16(14)25-19(30)17-12-29(27-26-17)18-7-6-13(23)10-15(18)24/h6-7,10,12,14,16H,5,8-9,11H2,1-4H3,(H,25,30)/t14-,16-/m0/s1. The van der Waals surface area contributed by atoms with Crippen LogP contribution in [0.5, 0.6) is 0 Å². The number of piperidine rings is 1. The van der Waals surface area contributed by atoms with Gasteiger partial charge in [0.2, 0.25) is 0 Å². The molecule has 0 saturated carbocycles. The van der Waals surface area contributed by atoms with Crippen LogP contribution in [0.1, 0.15) is 44.6 Å². The van der Waals surface area contributed by atoms with Crippen molar-refractivity contribution in [3.8, 4) is 5.69 Å². The molecule has 0 bridgehead atoms. The first-order chi connectivity index (χ1) is 16.0. The summed E-state index contributed by atoms with van der Waals surface area (Å²) in [6.07, 6.45) is 0.909. The molecular formula is C22H27F2N5O5. The van der Waals surface area contributed by atoms with Crippen molar-refractivity contribution in [2.45, 2.75) is 45.8 Å². The van der Waals surface area contributed by atoms with Gasteiger partial charge in [0.1, 0.15) is 17.1 Å². The molecule has 2 aromatic rings. The van der Waals surface area contributed by atoms with Gasteiger partial charge < -0.3 is 19.7 Å². The van der Waals surface area contributed by atoms with Crippen LogP contribution in [0, 0.1) is 17.6 Å². The zero-order valence-corrected chi connectivity index (χ0v) is 19.4. The molecule has 184 valence electrons. The summed E-state index contributed by atoms with van der Waals surface area (Å²) >= 11 is 0. The molecule has 10 nitrogen and oxygen atoms in total. The molecule has 12 heteroatoms. The molecule has 0 radical (unpaired) electrons. The van der Waals surface area contributed by atoms with E-state index in [0.717, 1.165) is 10.7 Å². The maximum Gasteiger partial charge on any atom is 0.410 e. The molecule has 34 heavy (non-hydrogen) atoms. The summed E-state index contributed by atoms with van der Waals surface area (Å²) in [5.41, 5.74) is -0.902. The number of halogens is 2. The molecule has 3 rings (SSSR count). The Morgan fingerprint density at radius 2 is 1.97 bits per heavy atom. The van der Waals surface area contributed by atoms with E-state index in [-0.39, 0.29) is 37.5 Å². The second-order valence-electron chi connectivity index (χ2n) is 8.80. The van der Waals surface area contributed by atoms with Crippen molar-refractivity contribution in [2.24, 2.45) is 5.92 Å². The molecule has 1 saturated heterocycles. The summed E-state index contributed by atoms with van der Waals surface area (Å²) in [6.45, 7) is 7.28. The molecule has 2 heterocycles. The van der Waals surface area contributed by atoms with E-state index < -0.39 is 47.2 Å². The molecule has 1 aromatic carbocycles. The quantitative estimate of drug-likeness (QED) is 0.655. The third-order valence-electron chi connectivity index (χ3n) is 5.05. The summed E-state index contributed by atoms with van der Waals surface area (Å²) in [6, 6.07) is 2.28. The number of carbonyl (C=O) groups is 3. The van der Waals surface area contributed by atoms with Gasteiger partial charge in [-0.3, -0.25) is 9.59 Å². The zero-order valence-electron chi connectivity index (χ0n) is 19.4. The minimum atomic E-state index is -0.867. The van der Waals surface area contributed by atoms with E-state index >= 15 is 0 Å². The van der Waals surface area contributed by atoms with Gasteiger partial charge in [0.25, 0.3) is 5.91 Å². The molecule has 1 aromatic heterocycles. The van der Waals surface area contributed by atoms with E-state index in [2.05, 4.69) is 15.6 Å². The third kappa shape index (κ3) is 6.06. The fraction of sp³-hybridized carbons (Fsp3) is 0.500. The van der Waals surface area contributed by atoms with Crippen LogP contribution in [0.4, 0.5) is 13.6 Å². The zero-order chi connectivity index (χ0) is 25.0. The topological polar surface area (TPSA) is 116 Å². The van der Waals surface area contributed by atoms with E-state index in [1.54, 1.807) is 27.7 Å². The lowest BCUT2D eigenvalue weighted by Crippen LogP contribution is -2.55. The number of rotatable bonds is 5. The molecule has 1 aliphatic heterocycles. The minimum Gasteiger partial charge on any atom is -0.466 e. The van der Waals surface area contributed by atoms with Crippen LogP contribution in [-0.4, -0.2) is 69.2 Å². The highest BCUT2D eigenvalue weighted by Gasteiger charge is 2.39. The maximum absolute atomic E-state index is 14.0. The van der Waals surface area contributed by atoms with E-state index in [1.807, 2.05) is 0 Å². The predicted octanol–water partition coefficient (Wildman–Crippen LogP) is 2.46. The highest BCUT2D eigenvalue weighted by molar-refractivity contribution is 5.92. The number of ether oxygens (including phenoxy) is 2. The van der Waals surface area contributed by atoms with Crippen molar-refractivity contribution in [1.29, 1.82) is 0 Å². The number of esters is 1. The van der Waals surface area contributed by atoms with E-state index in [9.17, 15) is 23.2 Å². The van der Waals surface area contributed by atoms with Crippen LogP contribution >= 0.6 is 0 Å². The van der Waals surface area contributed by atoms with Crippen LogP contribution in [0.25, 0.3) is 5.69 Å². The average Bonchev–Trinajstić information content (AvgIpc) is 3.23. The summed E-state index contributed by atoms with van der Waals surface area (Å²) in [5.74, 6) is -3.64. The van der Waals surface area contributed by atoms with Gasteiger partial charge in [0.05, 0.1) is 18.7 Å². The normalized spacial score (nSPS) is 18.4. The Morgan fingerprint density at radius 3 is 2.62 bits per heavy atom. The number of hydrogen-bond acceptors (Lipinski definition) is 7. The van der Waals surface area contributed by atoms with Crippen LogP contribution < -0.4 is 5.32 Å². The van der Waals surface area contributed by atoms with E-state index in [0.29, 0.717) is 6.07 Å². The lowest BCUT2D eigenvalue weighted by atomic mass is 9.92. The number of aromatic nitrogens is 3. The van der Waals surface area contributed by atoms with Gasteiger partial charge in [-0.05, 0) is 46.2 Å². The van der Waals surface area contributed by atoms with E-state index in [1.165, 1.54) is 17.2 Å². The van der Waals surface area contributed by atoms with Gasteiger partial charge in [-0.1, -0.05) is 5.21 Å². The Labute approximate surface area is 195 Å². The third-order valence-corrected chi connectivity index (χ3v) is 5.05. The maximum atomic E-state index is 14.0. The average molecular weight is 479 g/mol. The first-order valence-corrected chi connectivity index (χ1v) is 10.8. The van der Waals surface area contributed by atoms with Crippen molar-refractivity contribution in [1.82, 2.24) is 25.2 Å². The number of carbonyl (C=O) groups excluding carboxylic acids is 3. The van der Waals surface area contributed by atoms with Crippen molar-refractivity contribution in [2.75, 3.05) is 19.7 Å². The van der Waals surface area contributed by atoms with Gasteiger partial charge in [-0.15, -0.1) is 5.10 Å². The van der Waals surface area contributed by atoms with Gasteiger partial charge >= 0.3 is 12.1 Å². The van der Waals surface area contributed by atoms with Crippen LogP contribution in [0.3, 0.4) is 0 Å². The molecule has 2 amide bonds.